The minimum atomic E-state index is -5.08. The summed E-state index contributed by atoms with van der Waals surface area (Å²) in [4.78, 5) is 38.1. The highest BCUT2D eigenvalue weighted by Gasteiger charge is 2.50. The summed E-state index contributed by atoms with van der Waals surface area (Å²) in [5.74, 6) is -3.86. The molecule has 2 saturated heterocycles. The lowest BCUT2D eigenvalue weighted by Gasteiger charge is -2.43. The average Bonchev–Trinajstić information content (AvgIpc) is 3.15. The van der Waals surface area contributed by atoms with Crippen molar-refractivity contribution in [2.45, 2.75) is 37.5 Å². The predicted molar refractivity (Wildman–Crippen MR) is 127 cm³/mol. The fraction of sp³-hybridized carbons (Fsp3) is 0.400. The number of alkyl halides is 3. The molecule has 1 atom stereocenters. The van der Waals surface area contributed by atoms with Crippen LogP contribution in [0.3, 0.4) is 0 Å². The number of carboxylic acids is 1. The van der Waals surface area contributed by atoms with Gasteiger partial charge in [-0.1, -0.05) is 12.1 Å². The summed E-state index contributed by atoms with van der Waals surface area (Å²) in [6.07, 6.45) is -3.86. The van der Waals surface area contributed by atoms with Crippen molar-refractivity contribution in [1.29, 1.82) is 0 Å². The van der Waals surface area contributed by atoms with Crippen molar-refractivity contribution < 1.29 is 41.4 Å². The molecule has 2 aliphatic heterocycles. The molecule has 2 heterocycles. The third kappa shape index (κ3) is 6.97. The third-order valence-corrected chi connectivity index (χ3v) is 6.38. The first kappa shape index (κ1) is 28.8. The van der Waals surface area contributed by atoms with Crippen LogP contribution >= 0.6 is 0 Å². The Hall–Kier alpha value is -3.74. The van der Waals surface area contributed by atoms with E-state index in [-0.39, 0.29) is 29.2 Å². The summed E-state index contributed by atoms with van der Waals surface area (Å²) in [5.41, 5.74) is 0.304. The summed E-state index contributed by atoms with van der Waals surface area (Å²) >= 11 is 0. The lowest BCUT2D eigenvalue weighted by atomic mass is 9.85. The van der Waals surface area contributed by atoms with Crippen molar-refractivity contribution >= 4 is 23.5 Å². The molecular weight excluding hydrogens is 515 g/mol. The van der Waals surface area contributed by atoms with Crippen LogP contribution in [0.25, 0.3) is 0 Å². The van der Waals surface area contributed by atoms with E-state index in [1.54, 1.807) is 12.1 Å². The predicted octanol–water partition coefficient (Wildman–Crippen LogP) is 3.14. The normalized spacial score (nSPS) is 17.8. The van der Waals surface area contributed by atoms with Gasteiger partial charge in [-0.05, 0) is 56.2 Å². The Morgan fingerprint density at radius 3 is 2.21 bits per heavy atom. The minimum Gasteiger partial charge on any atom is -0.475 e. The largest absolute Gasteiger partial charge is 0.490 e. The number of nitrogens with zero attached hydrogens (tertiary/aromatic N) is 2. The number of amides is 2. The third-order valence-electron chi connectivity index (χ3n) is 6.38. The Balaban J connectivity index is 0.000000505. The first-order valence-corrected chi connectivity index (χ1v) is 11.7. The molecule has 2 aromatic carbocycles. The van der Waals surface area contributed by atoms with Gasteiger partial charge in [0.05, 0.1) is 6.67 Å². The van der Waals surface area contributed by atoms with Gasteiger partial charge in [0, 0.05) is 36.9 Å². The molecule has 0 radical (unpaired) electrons. The Morgan fingerprint density at radius 2 is 1.66 bits per heavy atom. The highest BCUT2D eigenvalue weighted by atomic mass is 19.4. The van der Waals surface area contributed by atoms with Crippen LogP contribution in [0.5, 0.6) is 0 Å². The molecule has 0 saturated carbocycles. The zero-order valence-corrected chi connectivity index (χ0v) is 20.4. The van der Waals surface area contributed by atoms with E-state index in [9.17, 15) is 31.5 Å². The van der Waals surface area contributed by atoms with Crippen LogP contribution in [0.1, 0.15) is 30.1 Å². The van der Waals surface area contributed by atoms with E-state index in [4.69, 9.17) is 9.90 Å². The minimum absolute atomic E-state index is 0.0242. The van der Waals surface area contributed by atoms with Gasteiger partial charge in [-0.2, -0.15) is 13.2 Å². The molecule has 2 amide bonds. The number of likely N-dealkylation sites (tertiary alicyclic amines) is 1. The topological polar surface area (TPSA) is 102 Å². The molecule has 2 aromatic rings. The van der Waals surface area contributed by atoms with Gasteiger partial charge in [-0.3, -0.25) is 9.59 Å². The van der Waals surface area contributed by atoms with Crippen LogP contribution in [0.15, 0.2) is 48.5 Å². The van der Waals surface area contributed by atoms with Crippen LogP contribution in [-0.4, -0.2) is 71.9 Å². The molecule has 2 fully saturated rings. The number of carbonyl (C=O) groups is 3. The number of aliphatic carboxylic acids is 1. The van der Waals surface area contributed by atoms with Crippen LogP contribution in [-0.2, 0) is 9.59 Å². The van der Waals surface area contributed by atoms with Crippen molar-refractivity contribution in [3.8, 4) is 0 Å². The fourth-order valence-corrected chi connectivity index (χ4v) is 4.54. The van der Waals surface area contributed by atoms with E-state index in [1.807, 2.05) is 17.9 Å². The van der Waals surface area contributed by atoms with E-state index in [0.29, 0.717) is 44.8 Å². The van der Waals surface area contributed by atoms with Gasteiger partial charge in [-0.25, -0.2) is 13.6 Å². The van der Waals surface area contributed by atoms with Crippen molar-refractivity contribution in [3.05, 3.63) is 65.7 Å². The van der Waals surface area contributed by atoms with Crippen LogP contribution < -0.4 is 15.5 Å². The molecule has 4 rings (SSSR count). The number of benzene rings is 2. The van der Waals surface area contributed by atoms with Crippen molar-refractivity contribution in [3.63, 3.8) is 0 Å². The number of piperidine rings is 1. The van der Waals surface area contributed by atoms with Crippen molar-refractivity contribution in [2.75, 3.05) is 31.2 Å². The van der Waals surface area contributed by atoms with E-state index in [1.165, 1.54) is 30.3 Å². The smallest absolute Gasteiger partial charge is 0.475 e. The van der Waals surface area contributed by atoms with E-state index >= 15 is 0 Å². The van der Waals surface area contributed by atoms with Gasteiger partial charge in [0.2, 0.25) is 5.91 Å². The number of anilines is 1. The molecule has 0 unspecified atom stereocenters. The van der Waals surface area contributed by atoms with Crippen LogP contribution in [0, 0.1) is 11.6 Å². The molecule has 8 nitrogen and oxygen atoms in total. The summed E-state index contributed by atoms with van der Waals surface area (Å²) in [6.45, 7) is 4.25. The monoisotopic (exact) mass is 542 g/mol. The highest BCUT2D eigenvalue weighted by Crippen LogP contribution is 2.36. The molecule has 206 valence electrons. The van der Waals surface area contributed by atoms with Gasteiger partial charge >= 0.3 is 12.1 Å². The van der Waals surface area contributed by atoms with E-state index in [2.05, 4.69) is 15.5 Å². The quantitative estimate of drug-likeness (QED) is 0.502. The number of hydrogen-bond donors (Lipinski definition) is 3. The van der Waals surface area contributed by atoms with E-state index in [0.717, 1.165) is 0 Å². The number of halogens is 5. The first-order valence-electron chi connectivity index (χ1n) is 11.7. The van der Waals surface area contributed by atoms with Gasteiger partial charge in [0.1, 0.15) is 17.2 Å². The first-order chi connectivity index (χ1) is 17.8. The number of rotatable bonds is 5. The molecule has 1 spiro atoms. The van der Waals surface area contributed by atoms with Gasteiger partial charge < -0.3 is 25.5 Å². The maximum atomic E-state index is 13.7. The van der Waals surface area contributed by atoms with Gasteiger partial charge in [0.25, 0.3) is 5.91 Å². The van der Waals surface area contributed by atoms with Gasteiger partial charge in [-0.15, -0.1) is 0 Å². The number of carboxylic acid groups (broad SMARTS) is 1. The summed E-state index contributed by atoms with van der Waals surface area (Å²) in [6, 6.07) is 11.8. The van der Waals surface area contributed by atoms with Crippen molar-refractivity contribution in [2.24, 2.45) is 0 Å². The van der Waals surface area contributed by atoms with Gasteiger partial charge in [0.15, 0.2) is 0 Å². The Bertz CT molecular complexity index is 1170. The second kappa shape index (κ2) is 11.8. The molecule has 0 aromatic heterocycles. The lowest BCUT2D eigenvalue weighted by molar-refractivity contribution is -0.192. The maximum absolute atomic E-state index is 13.7. The number of nitrogens with one attached hydrogen (secondary N) is 2. The van der Waals surface area contributed by atoms with Crippen LogP contribution in [0.4, 0.5) is 27.6 Å². The Morgan fingerprint density at radius 1 is 1.08 bits per heavy atom. The fourth-order valence-electron chi connectivity index (χ4n) is 4.54. The second-order valence-electron chi connectivity index (χ2n) is 9.09. The summed E-state index contributed by atoms with van der Waals surface area (Å²) in [7, 11) is 0. The zero-order chi connectivity index (χ0) is 28.1. The molecule has 13 heteroatoms. The molecule has 3 N–H and O–H groups in total. The lowest BCUT2D eigenvalue weighted by Crippen LogP contribution is -2.57. The standard InChI is InChI=1S/C23H26F2N4O2.C2HF3O2/c1-16(27-21(30)17-4-2-5-18(24)12-17)14-28-10-8-23(9-11-28)22(31)26-15-29(23)20-7-3-6-19(25)13-20;3-2(4,5)1(6)7/h2-7,12-13,16H,8-11,14-15H2,1H3,(H,26,31)(H,27,30);(H,6,7)/t16-;/m0./s1. The number of carbonyl (C=O) groups excluding carboxylic acids is 2. The van der Waals surface area contributed by atoms with E-state index < -0.39 is 23.5 Å². The molecule has 0 bridgehead atoms. The van der Waals surface area contributed by atoms with Crippen molar-refractivity contribution in [1.82, 2.24) is 15.5 Å². The average molecular weight is 543 g/mol. The Kier molecular flexibility index (Phi) is 8.92. The molecular formula is C25H27F5N4O4. The molecule has 38 heavy (non-hydrogen) atoms. The summed E-state index contributed by atoms with van der Waals surface area (Å²) < 4.78 is 58.8. The Labute approximate surface area is 215 Å². The van der Waals surface area contributed by atoms with Crippen LogP contribution in [0.2, 0.25) is 0 Å². The number of hydrogen-bond acceptors (Lipinski definition) is 5. The highest BCUT2D eigenvalue weighted by molar-refractivity contribution is 5.94. The molecule has 0 aliphatic carbocycles. The SMILES string of the molecule is C[C@@H](CN1CCC2(CC1)C(=O)NCN2c1cccc(F)c1)NC(=O)c1cccc(F)c1.O=C(O)C(F)(F)F. The maximum Gasteiger partial charge on any atom is 0.490 e. The second-order valence-corrected chi connectivity index (χ2v) is 9.09. The zero-order valence-electron chi connectivity index (χ0n) is 20.4. The summed E-state index contributed by atoms with van der Waals surface area (Å²) in [5, 5.41) is 12.9. The molecule has 2 aliphatic rings.